The van der Waals surface area contributed by atoms with E-state index in [1.807, 2.05) is 27.2 Å². The van der Waals surface area contributed by atoms with Gasteiger partial charge in [0.05, 0.1) is 39.9 Å². The number of phosphoric ester groups is 1. The number of hydrogen-bond donors (Lipinski definition) is 3. The maximum absolute atomic E-state index is 12.7. The van der Waals surface area contributed by atoms with E-state index in [0.717, 1.165) is 64.2 Å². The van der Waals surface area contributed by atoms with Crippen LogP contribution >= 0.6 is 7.82 Å². The standard InChI is InChI=1S/C34H65N2O6P/c1-6-8-10-12-14-16-18-19-21-23-25-27-33(37)32(31-42-43(39,40)41-30-29-36(3,4)5)35-34(38)28-26-24-22-20-17-15-13-11-9-7-2/h11,13,18-19,25,27,32-33,37H,6-10,12,14-17,20-24,26,28-31H2,1-5H3,(H-,35,38,39,40)/p+1/b13-11-,19-18+,27-25+. The van der Waals surface area contributed by atoms with Crippen LogP contribution in [0.5, 0.6) is 0 Å². The molecule has 0 spiro atoms. The molecule has 0 radical (unpaired) electrons. The van der Waals surface area contributed by atoms with Gasteiger partial charge < -0.3 is 19.8 Å². The smallest absolute Gasteiger partial charge is 0.387 e. The van der Waals surface area contributed by atoms with Crippen molar-refractivity contribution in [1.29, 1.82) is 0 Å². The number of aliphatic hydroxyl groups is 1. The molecule has 0 aromatic heterocycles. The van der Waals surface area contributed by atoms with Crippen LogP contribution in [0.25, 0.3) is 0 Å². The summed E-state index contributed by atoms with van der Waals surface area (Å²) in [4.78, 5) is 22.8. The van der Waals surface area contributed by atoms with Crippen LogP contribution in [-0.2, 0) is 18.4 Å². The Morgan fingerprint density at radius 2 is 1.33 bits per heavy atom. The number of phosphoric acid groups is 1. The summed E-state index contributed by atoms with van der Waals surface area (Å²) >= 11 is 0. The number of carbonyl (C=O) groups excluding carboxylic acids is 1. The van der Waals surface area contributed by atoms with Gasteiger partial charge in [0, 0.05) is 6.42 Å². The number of unbranched alkanes of at least 4 members (excludes halogenated alkanes) is 12. The number of quaternary nitrogens is 1. The summed E-state index contributed by atoms with van der Waals surface area (Å²) < 4.78 is 23.3. The summed E-state index contributed by atoms with van der Waals surface area (Å²) in [7, 11) is 1.54. The molecule has 0 heterocycles. The molecule has 0 aromatic carbocycles. The van der Waals surface area contributed by atoms with Crippen molar-refractivity contribution in [3.8, 4) is 0 Å². The van der Waals surface area contributed by atoms with Gasteiger partial charge in [-0.2, -0.15) is 0 Å². The highest BCUT2D eigenvalue weighted by atomic mass is 31.2. The third-order valence-electron chi connectivity index (χ3n) is 7.06. The molecular formula is C34H66N2O6P+. The van der Waals surface area contributed by atoms with Gasteiger partial charge in [0.1, 0.15) is 13.2 Å². The van der Waals surface area contributed by atoms with Gasteiger partial charge in [-0.1, -0.05) is 102 Å². The lowest BCUT2D eigenvalue weighted by atomic mass is 10.1. The summed E-state index contributed by atoms with van der Waals surface area (Å²) in [5.74, 6) is -0.204. The van der Waals surface area contributed by atoms with Crippen molar-refractivity contribution in [2.75, 3.05) is 40.9 Å². The van der Waals surface area contributed by atoms with E-state index in [-0.39, 0.29) is 19.1 Å². The molecule has 252 valence electrons. The molecule has 3 N–H and O–H groups in total. The Bertz CT molecular complexity index is 809. The van der Waals surface area contributed by atoms with Crippen LogP contribution in [0.1, 0.15) is 123 Å². The maximum atomic E-state index is 12.7. The minimum Gasteiger partial charge on any atom is -0.387 e. The number of nitrogens with zero attached hydrogens (tertiary/aromatic N) is 1. The van der Waals surface area contributed by atoms with Crippen molar-refractivity contribution in [1.82, 2.24) is 5.32 Å². The minimum atomic E-state index is -4.33. The fourth-order valence-corrected chi connectivity index (χ4v) is 5.03. The van der Waals surface area contributed by atoms with Gasteiger partial charge in [-0.3, -0.25) is 13.8 Å². The van der Waals surface area contributed by atoms with Crippen LogP contribution in [-0.4, -0.2) is 73.4 Å². The summed E-state index contributed by atoms with van der Waals surface area (Å²) in [6.07, 6.45) is 29.3. The molecule has 43 heavy (non-hydrogen) atoms. The summed E-state index contributed by atoms with van der Waals surface area (Å²) in [6.45, 7) is 4.65. The highest BCUT2D eigenvalue weighted by Crippen LogP contribution is 2.43. The molecule has 0 aliphatic carbocycles. The van der Waals surface area contributed by atoms with Crippen molar-refractivity contribution < 1.29 is 32.9 Å². The Morgan fingerprint density at radius 3 is 1.95 bits per heavy atom. The van der Waals surface area contributed by atoms with Crippen LogP contribution < -0.4 is 5.32 Å². The first-order valence-corrected chi connectivity index (χ1v) is 18.4. The second-order valence-corrected chi connectivity index (χ2v) is 14.0. The molecule has 0 aliphatic heterocycles. The van der Waals surface area contributed by atoms with Gasteiger partial charge in [-0.15, -0.1) is 0 Å². The van der Waals surface area contributed by atoms with Crippen LogP contribution in [0, 0.1) is 0 Å². The topological polar surface area (TPSA) is 105 Å². The first kappa shape index (κ1) is 41.7. The fourth-order valence-electron chi connectivity index (χ4n) is 4.29. The average molecular weight is 630 g/mol. The second-order valence-electron chi connectivity index (χ2n) is 12.5. The van der Waals surface area contributed by atoms with Gasteiger partial charge in [-0.05, 0) is 51.4 Å². The highest BCUT2D eigenvalue weighted by Gasteiger charge is 2.27. The lowest BCUT2D eigenvalue weighted by Crippen LogP contribution is -2.45. The zero-order valence-electron chi connectivity index (χ0n) is 28.2. The Morgan fingerprint density at radius 1 is 0.767 bits per heavy atom. The SMILES string of the molecule is CCC/C=C\CCCCCCCC(=O)NC(COP(=O)(O)OCC[N+](C)(C)C)C(O)/C=C/CC/C=C/CCCCCCC. The van der Waals surface area contributed by atoms with Crippen molar-refractivity contribution in [3.63, 3.8) is 0 Å². The first-order valence-electron chi connectivity index (χ1n) is 16.9. The van der Waals surface area contributed by atoms with Crippen LogP contribution in [0.2, 0.25) is 0 Å². The predicted octanol–water partition coefficient (Wildman–Crippen LogP) is 8.01. The number of nitrogens with one attached hydrogen (secondary N) is 1. The van der Waals surface area contributed by atoms with Crippen molar-refractivity contribution in [3.05, 3.63) is 36.5 Å². The van der Waals surface area contributed by atoms with Gasteiger partial charge >= 0.3 is 7.82 Å². The van der Waals surface area contributed by atoms with E-state index in [4.69, 9.17) is 9.05 Å². The first-order chi connectivity index (χ1) is 20.5. The molecule has 0 rings (SSSR count). The summed E-state index contributed by atoms with van der Waals surface area (Å²) in [6, 6.07) is -0.861. The largest absolute Gasteiger partial charge is 0.472 e. The predicted molar refractivity (Wildman–Crippen MR) is 180 cm³/mol. The van der Waals surface area contributed by atoms with Crippen LogP contribution in [0.15, 0.2) is 36.5 Å². The number of carbonyl (C=O) groups is 1. The maximum Gasteiger partial charge on any atom is 0.472 e. The molecule has 3 atom stereocenters. The van der Waals surface area contributed by atoms with E-state index in [0.29, 0.717) is 17.4 Å². The Kier molecular flexibility index (Phi) is 26.3. The normalized spacial score (nSPS) is 15.4. The van der Waals surface area contributed by atoms with Gasteiger partial charge in [0.15, 0.2) is 0 Å². The van der Waals surface area contributed by atoms with Crippen molar-refractivity contribution >= 4 is 13.7 Å². The molecule has 0 aromatic rings. The number of rotatable bonds is 29. The molecule has 1 amide bonds. The van der Waals surface area contributed by atoms with E-state index in [2.05, 4.69) is 43.5 Å². The monoisotopic (exact) mass is 629 g/mol. The quantitative estimate of drug-likeness (QED) is 0.0335. The number of hydrogen-bond acceptors (Lipinski definition) is 5. The van der Waals surface area contributed by atoms with Crippen LogP contribution in [0.4, 0.5) is 0 Å². The highest BCUT2D eigenvalue weighted by molar-refractivity contribution is 7.47. The Balaban J connectivity index is 4.71. The fraction of sp³-hybridized carbons (Fsp3) is 0.794. The average Bonchev–Trinajstić information content (AvgIpc) is 2.94. The van der Waals surface area contributed by atoms with Crippen LogP contribution in [0.3, 0.4) is 0 Å². The molecule has 0 saturated carbocycles. The number of allylic oxidation sites excluding steroid dienone is 5. The number of amides is 1. The van der Waals surface area contributed by atoms with Gasteiger partial charge in [0.25, 0.3) is 0 Å². The third-order valence-corrected chi connectivity index (χ3v) is 8.05. The number of aliphatic hydroxyl groups excluding tert-OH is 1. The lowest BCUT2D eigenvalue weighted by molar-refractivity contribution is -0.870. The molecule has 8 nitrogen and oxygen atoms in total. The zero-order valence-corrected chi connectivity index (χ0v) is 29.1. The number of likely N-dealkylation sites (N-methyl/N-ethyl adjacent to an activating group) is 1. The van der Waals surface area contributed by atoms with Gasteiger partial charge in [-0.25, -0.2) is 4.57 Å². The van der Waals surface area contributed by atoms with E-state index in [1.54, 1.807) is 6.08 Å². The minimum absolute atomic E-state index is 0.0536. The van der Waals surface area contributed by atoms with Gasteiger partial charge in [0.2, 0.25) is 5.91 Å². The van der Waals surface area contributed by atoms with Crippen molar-refractivity contribution in [2.24, 2.45) is 0 Å². The molecule has 0 aliphatic rings. The molecule has 0 saturated heterocycles. The molecule has 3 unspecified atom stereocenters. The van der Waals surface area contributed by atoms with E-state index in [9.17, 15) is 19.4 Å². The second kappa shape index (κ2) is 27.1. The van der Waals surface area contributed by atoms with Crippen molar-refractivity contribution in [2.45, 2.75) is 135 Å². The Hall–Kier alpha value is -1.28. The lowest BCUT2D eigenvalue weighted by Gasteiger charge is -2.25. The summed E-state index contributed by atoms with van der Waals surface area (Å²) in [5, 5.41) is 13.6. The zero-order chi connectivity index (χ0) is 32.2. The van der Waals surface area contributed by atoms with E-state index in [1.165, 1.54) is 38.5 Å². The summed E-state index contributed by atoms with van der Waals surface area (Å²) in [5.41, 5.74) is 0. The molecule has 0 bridgehead atoms. The Labute approximate surface area is 264 Å². The van der Waals surface area contributed by atoms with E-state index < -0.39 is 20.0 Å². The molecule has 9 heteroatoms. The third kappa shape index (κ3) is 29.2. The molecular weight excluding hydrogens is 563 g/mol. The van der Waals surface area contributed by atoms with E-state index >= 15 is 0 Å². The molecule has 0 fully saturated rings.